The third kappa shape index (κ3) is 3.70. The molecule has 2 heterocycles. The summed E-state index contributed by atoms with van der Waals surface area (Å²) in [4.78, 5) is 15.2. The van der Waals surface area contributed by atoms with E-state index in [1.807, 2.05) is 24.3 Å². The Balaban J connectivity index is 1.63. The number of hydrogen-bond acceptors (Lipinski definition) is 3. The van der Waals surface area contributed by atoms with Gasteiger partial charge in [0.15, 0.2) is 0 Å². The molecule has 1 aromatic carbocycles. The lowest BCUT2D eigenvalue weighted by molar-refractivity contribution is 0.103. The number of nitrogens with zero attached hydrogens (tertiary/aromatic N) is 1. The van der Waals surface area contributed by atoms with Crippen molar-refractivity contribution in [2.75, 3.05) is 23.3 Å². The van der Waals surface area contributed by atoms with Gasteiger partial charge < -0.3 is 10.2 Å². The molecule has 0 bridgehead atoms. The summed E-state index contributed by atoms with van der Waals surface area (Å²) < 4.78 is 0.965. The van der Waals surface area contributed by atoms with Crippen LogP contribution in [0.1, 0.15) is 29.4 Å². The van der Waals surface area contributed by atoms with Crippen molar-refractivity contribution in [2.45, 2.75) is 19.8 Å². The molecular weight excluding hydrogens is 360 g/mol. The summed E-state index contributed by atoms with van der Waals surface area (Å²) in [7, 11) is 0. The van der Waals surface area contributed by atoms with E-state index in [1.165, 1.54) is 29.9 Å². The Bertz CT molecular complexity index is 645. The number of amides is 1. The number of hydrogen-bond donors (Lipinski definition) is 1. The van der Waals surface area contributed by atoms with E-state index < -0.39 is 0 Å². The Labute approximate surface area is 143 Å². The van der Waals surface area contributed by atoms with Crippen LogP contribution < -0.4 is 10.2 Å². The molecule has 1 saturated heterocycles. The Hall–Kier alpha value is -1.33. The number of nitrogens with one attached hydrogen (secondary N) is 1. The van der Waals surface area contributed by atoms with Crippen LogP contribution in [0, 0.1) is 5.92 Å². The van der Waals surface area contributed by atoms with E-state index >= 15 is 0 Å². The van der Waals surface area contributed by atoms with E-state index in [2.05, 4.69) is 45.2 Å². The van der Waals surface area contributed by atoms with Gasteiger partial charge >= 0.3 is 0 Å². The van der Waals surface area contributed by atoms with Crippen molar-refractivity contribution < 1.29 is 4.79 Å². The van der Waals surface area contributed by atoms with E-state index in [9.17, 15) is 4.79 Å². The number of carbonyl (C=O) groups excluding carboxylic acids is 1. The predicted molar refractivity (Wildman–Crippen MR) is 97.0 cm³/mol. The topological polar surface area (TPSA) is 32.3 Å². The standard InChI is InChI=1S/C17H19BrN2OS/c1-12-8-10-20(11-9-12)14-4-2-13(3-5-14)19-17(21)15-6-7-16(18)22-15/h2-7,12H,8-11H2,1H3,(H,19,21). The number of benzene rings is 1. The molecule has 0 radical (unpaired) electrons. The molecule has 0 saturated carbocycles. The fourth-order valence-electron chi connectivity index (χ4n) is 2.65. The van der Waals surface area contributed by atoms with Crippen LogP contribution in [0.25, 0.3) is 0 Å². The lowest BCUT2D eigenvalue weighted by Crippen LogP contribution is -2.32. The molecular formula is C17H19BrN2OS. The number of thiophene rings is 1. The first kappa shape index (κ1) is 15.6. The Kier molecular flexibility index (Phi) is 4.84. The Morgan fingerprint density at radius 3 is 2.45 bits per heavy atom. The molecule has 1 fully saturated rings. The molecule has 5 heteroatoms. The van der Waals surface area contributed by atoms with Crippen molar-refractivity contribution in [3.05, 3.63) is 45.1 Å². The van der Waals surface area contributed by atoms with Crippen LogP contribution in [-0.2, 0) is 0 Å². The first-order valence-corrected chi connectivity index (χ1v) is 9.14. The zero-order chi connectivity index (χ0) is 15.5. The van der Waals surface area contributed by atoms with Crippen LogP contribution in [0.3, 0.4) is 0 Å². The number of piperidine rings is 1. The number of anilines is 2. The minimum absolute atomic E-state index is 0.0600. The highest BCUT2D eigenvalue weighted by Gasteiger charge is 2.16. The fraction of sp³-hybridized carbons (Fsp3) is 0.353. The molecule has 22 heavy (non-hydrogen) atoms. The summed E-state index contributed by atoms with van der Waals surface area (Å²) >= 11 is 4.81. The van der Waals surface area contributed by atoms with Gasteiger partial charge in [0.1, 0.15) is 0 Å². The molecule has 1 aliphatic rings. The molecule has 1 aromatic heterocycles. The quantitative estimate of drug-likeness (QED) is 0.814. The first-order valence-electron chi connectivity index (χ1n) is 7.53. The van der Waals surface area contributed by atoms with E-state index in [0.717, 1.165) is 28.5 Å². The SMILES string of the molecule is CC1CCN(c2ccc(NC(=O)c3ccc(Br)s3)cc2)CC1. The molecule has 0 unspecified atom stereocenters. The molecule has 0 atom stereocenters. The number of rotatable bonds is 3. The summed E-state index contributed by atoms with van der Waals surface area (Å²) in [6, 6.07) is 11.9. The highest BCUT2D eigenvalue weighted by Crippen LogP contribution is 2.26. The van der Waals surface area contributed by atoms with Gasteiger partial charge in [-0.05, 0) is 71.1 Å². The third-order valence-electron chi connectivity index (χ3n) is 4.07. The van der Waals surface area contributed by atoms with Gasteiger partial charge in [0.05, 0.1) is 8.66 Å². The van der Waals surface area contributed by atoms with Crippen LogP contribution in [0.5, 0.6) is 0 Å². The van der Waals surface area contributed by atoms with Crippen LogP contribution in [0.2, 0.25) is 0 Å². The molecule has 3 nitrogen and oxygen atoms in total. The Morgan fingerprint density at radius 1 is 1.18 bits per heavy atom. The van der Waals surface area contributed by atoms with E-state index in [0.29, 0.717) is 4.88 Å². The molecule has 1 amide bonds. The fourth-order valence-corrected chi connectivity index (χ4v) is 3.93. The minimum Gasteiger partial charge on any atom is -0.372 e. The second kappa shape index (κ2) is 6.84. The van der Waals surface area contributed by atoms with Crippen molar-refractivity contribution in [1.29, 1.82) is 0 Å². The van der Waals surface area contributed by atoms with E-state index in [-0.39, 0.29) is 5.91 Å². The van der Waals surface area contributed by atoms with E-state index in [4.69, 9.17) is 0 Å². The van der Waals surface area contributed by atoms with Gasteiger partial charge in [-0.15, -0.1) is 11.3 Å². The maximum atomic E-state index is 12.1. The van der Waals surface area contributed by atoms with Gasteiger partial charge in [0, 0.05) is 24.5 Å². The molecule has 0 spiro atoms. The maximum absolute atomic E-state index is 12.1. The van der Waals surface area contributed by atoms with Gasteiger partial charge in [-0.25, -0.2) is 0 Å². The highest BCUT2D eigenvalue weighted by atomic mass is 79.9. The zero-order valence-electron chi connectivity index (χ0n) is 12.5. The zero-order valence-corrected chi connectivity index (χ0v) is 14.9. The van der Waals surface area contributed by atoms with Gasteiger partial charge in [-0.2, -0.15) is 0 Å². The average molecular weight is 379 g/mol. The molecule has 1 N–H and O–H groups in total. The maximum Gasteiger partial charge on any atom is 0.265 e. The predicted octanol–water partition coefficient (Wildman–Crippen LogP) is 5.00. The Morgan fingerprint density at radius 2 is 1.86 bits per heavy atom. The largest absolute Gasteiger partial charge is 0.372 e. The average Bonchev–Trinajstić information content (AvgIpc) is 2.96. The second-order valence-electron chi connectivity index (χ2n) is 5.77. The second-order valence-corrected chi connectivity index (χ2v) is 8.24. The van der Waals surface area contributed by atoms with Crippen molar-refractivity contribution >= 4 is 44.5 Å². The van der Waals surface area contributed by atoms with Crippen LogP contribution in [0.15, 0.2) is 40.2 Å². The minimum atomic E-state index is -0.0600. The summed E-state index contributed by atoms with van der Waals surface area (Å²) in [6.07, 6.45) is 2.51. The summed E-state index contributed by atoms with van der Waals surface area (Å²) in [5.74, 6) is 0.773. The number of halogens is 1. The smallest absolute Gasteiger partial charge is 0.265 e. The molecule has 3 rings (SSSR count). The number of carbonyl (C=O) groups is 1. The van der Waals surface area contributed by atoms with E-state index in [1.54, 1.807) is 0 Å². The normalized spacial score (nSPS) is 15.8. The lowest BCUT2D eigenvalue weighted by atomic mass is 9.99. The molecule has 0 aliphatic carbocycles. The summed E-state index contributed by atoms with van der Waals surface area (Å²) in [5.41, 5.74) is 2.08. The van der Waals surface area contributed by atoms with Gasteiger partial charge in [0.25, 0.3) is 5.91 Å². The first-order chi connectivity index (χ1) is 10.6. The van der Waals surface area contributed by atoms with Gasteiger partial charge in [-0.1, -0.05) is 6.92 Å². The van der Waals surface area contributed by atoms with Gasteiger partial charge in [0.2, 0.25) is 0 Å². The summed E-state index contributed by atoms with van der Waals surface area (Å²) in [5, 5.41) is 2.94. The molecule has 116 valence electrons. The molecule has 1 aliphatic heterocycles. The van der Waals surface area contributed by atoms with Gasteiger partial charge in [-0.3, -0.25) is 4.79 Å². The molecule has 2 aromatic rings. The van der Waals surface area contributed by atoms with Crippen LogP contribution in [0.4, 0.5) is 11.4 Å². The summed E-state index contributed by atoms with van der Waals surface area (Å²) in [6.45, 7) is 4.56. The van der Waals surface area contributed by atoms with Crippen LogP contribution >= 0.6 is 27.3 Å². The van der Waals surface area contributed by atoms with Crippen molar-refractivity contribution in [1.82, 2.24) is 0 Å². The third-order valence-corrected chi connectivity index (χ3v) is 5.69. The highest BCUT2D eigenvalue weighted by molar-refractivity contribution is 9.11. The monoisotopic (exact) mass is 378 g/mol. The van der Waals surface area contributed by atoms with Crippen molar-refractivity contribution in [3.8, 4) is 0 Å². The lowest BCUT2D eigenvalue weighted by Gasteiger charge is -2.32. The van der Waals surface area contributed by atoms with Crippen molar-refractivity contribution in [2.24, 2.45) is 5.92 Å². The van der Waals surface area contributed by atoms with Crippen molar-refractivity contribution in [3.63, 3.8) is 0 Å². The van der Waals surface area contributed by atoms with Crippen LogP contribution in [-0.4, -0.2) is 19.0 Å².